The lowest BCUT2D eigenvalue weighted by molar-refractivity contribution is 0.0949. The van der Waals surface area contributed by atoms with Crippen LogP contribution in [0.3, 0.4) is 0 Å². The minimum absolute atomic E-state index is 0.157. The van der Waals surface area contributed by atoms with Crippen LogP contribution in [0.15, 0.2) is 48.8 Å². The highest BCUT2D eigenvalue weighted by atomic mass is 16.5. The molecule has 1 saturated heterocycles. The van der Waals surface area contributed by atoms with Crippen molar-refractivity contribution in [3.05, 3.63) is 60.0 Å². The Kier molecular flexibility index (Phi) is 5.34. The average Bonchev–Trinajstić information content (AvgIpc) is 3.37. The van der Waals surface area contributed by atoms with Crippen LogP contribution in [-0.4, -0.2) is 41.7 Å². The number of para-hydroxylation sites is 1. The molecule has 1 aliphatic heterocycles. The van der Waals surface area contributed by atoms with Gasteiger partial charge in [0.15, 0.2) is 0 Å². The fourth-order valence-electron chi connectivity index (χ4n) is 3.44. The number of ether oxygens (including phenoxy) is 1. The van der Waals surface area contributed by atoms with Gasteiger partial charge >= 0.3 is 0 Å². The van der Waals surface area contributed by atoms with E-state index in [9.17, 15) is 4.79 Å². The number of nitrogens with one attached hydrogen (secondary N) is 3. The first-order chi connectivity index (χ1) is 13.3. The molecule has 1 unspecified atom stereocenters. The van der Waals surface area contributed by atoms with Gasteiger partial charge in [-0.1, -0.05) is 18.2 Å². The van der Waals surface area contributed by atoms with Gasteiger partial charge in [0.05, 0.1) is 6.10 Å². The van der Waals surface area contributed by atoms with Crippen molar-refractivity contribution in [1.82, 2.24) is 15.3 Å². The molecule has 6 nitrogen and oxygen atoms in total. The SMILES string of the molecule is O=C(NCCc1c[nH]c2ccccc12)c1cc(NCC2CCCO2)ccn1. The Labute approximate surface area is 158 Å². The lowest BCUT2D eigenvalue weighted by atomic mass is 10.1. The number of carbonyl (C=O) groups is 1. The van der Waals surface area contributed by atoms with Gasteiger partial charge in [-0.2, -0.15) is 0 Å². The first kappa shape index (κ1) is 17.5. The summed E-state index contributed by atoms with van der Waals surface area (Å²) in [5.74, 6) is -0.157. The van der Waals surface area contributed by atoms with Crippen LogP contribution in [0.5, 0.6) is 0 Å². The van der Waals surface area contributed by atoms with Gasteiger partial charge in [-0.15, -0.1) is 0 Å². The van der Waals surface area contributed by atoms with Gasteiger partial charge < -0.3 is 20.4 Å². The maximum absolute atomic E-state index is 12.4. The molecule has 0 spiro atoms. The van der Waals surface area contributed by atoms with Crippen LogP contribution in [0, 0.1) is 0 Å². The number of aromatic amines is 1. The van der Waals surface area contributed by atoms with E-state index < -0.39 is 0 Å². The summed E-state index contributed by atoms with van der Waals surface area (Å²) in [4.78, 5) is 19.9. The highest BCUT2D eigenvalue weighted by molar-refractivity contribution is 5.93. The largest absolute Gasteiger partial charge is 0.382 e. The van der Waals surface area contributed by atoms with E-state index in [2.05, 4.69) is 32.7 Å². The van der Waals surface area contributed by atoms with Crippen molar-refractivity contribution in [2.75, 3.05) is 25.0 Å². The molecule has 1 atom stereocenters. The molecule has 2 aromatic heterocycles. The number of nitrogens with zero attached hydrogens (tertiary/aromatic N) is 1. The van der Waals surface area contributed by atoms with Crippen molar-refractivity contribution >= 4 is 22.5 Å². The molecule has 27 heavy (non-hydrogen) atoms. The van der Waals surface area contributed by atoms with Gasteiger partial charge in [0.2, 0.25) is 0 Å². The van der Waals surface area contributed by atoms with Gasteiger partial charge in [0, 0.05) is 48.7 Å². The van der Waals surface area contributed by atoms with Crippen LogP contribution < -0.4 is 10.6 Å². The molecular weight excluding hydrogens is 340 g/mol. The molecule has 0 saturated carbocycles. The minimum atomic E-state index is -0.157. The summed E-state index contributed by atoms with van der Waals surface area (Å²) in [6.45, 7) is 2.16. The second-order valence-electron chi connectivity index (χ2n) is 6.81. The predicted octanol–water partition coefficient (Wildman–Crippen LogP) is 3.13. The molecule has 1 amide bonds. The molecular formula is C21H24N4O2. The van der Waals surface area contributed by atoms with E-state index in [0.29, 0.717) is 12.2 Å². The monoisotopic (exact) mass is 364 g/mol. The topological polar surface area (TPSA) is 79.0 Å². The minimum Gasteiger partial charge on any atom is -0.382 e. The fraction of sp³-hybridized carbons (Fsp3) is 0.333. The quantitative estimate of drug-likeness (QED) is 0.602. The zero-order valence-corrected chi connectivity index (χ0v) is 15.2. The van der Waals surface area contributed by atoms with Crippen molar-refractivity contribution in [2.45, 2.75) is 25.4 Å². The molecule has 3 N–H and O–H groups in total. The molecule has 0 radical (unpaired) electrons. The first-order valence-corrected chi connectivity index (χ1v) is 9.44. The fourth-order valence-corrected chi connectivity index (χ4v) is 3.44. The second kappa shape index (κ2) is 8.22. The summed E-state index contributed by atoms with van der Waals surface area (Å²) >= 11 is 0. The van der Waals surface area contributed by atoms with E-state index in [0.717, 1.165) is 43.6 Å². The molecule has 1 aliphatic rings. The standard InChI is InChI=1S/C21H24N4O2/c26-21(23-9-7-15-13-25-19-6-2-1-5-18(15)19)20-12-16(8-10-22-20)24-14-17-4-3-11-27-17/h1-2,5-6,8,10,12-13,17,25H,3-4,7,9,11,14H2,(H,22,24)(H,23,26). The molecule has 4 rings (SSSR count). The first-order valence-electron chi connectivity index (χ1n) is 9.44. The summed E-state index contributed by atoms with van der Waals surface area (Å²) in [6.07, 6.45) is 6.89. The summed E-state index contributed by atoms with van der Waals surface area (Å²) in [6, 6.07) is 11.8. The van der Waals surface area contributed by atoms with Crippen LogP contribution in [-0.2, 0) is 11.2 Å². The van der Waals surface area contributed by atoms with Gasteiger partial charge in [-0.25, -0.2) is 0 Å². The van der Waals surface area contributed by atoms with E-state index in [4.69, 9.17) is 4.74 Å². The summed E-state index contributed by atoms with van der Waals surface area (Å²) in [5.41, 5.74) is 3.63. The summed E-state index contributed by atoms with van der Waals surface area (Å²) < 4.78 is 5.61. The Bertz CT molecular complexity index is 915. The molecule has 6 heteroatoms. The number of pyridine rings is 1. The van der Waals surface area contributed by atoms with Crippen LogP contribution in [0.4, 0.5) is 5.69 Å². The third-order valence-electron chi connectivity index (χ3n) is 4.91. The number of H-pyrrole nitrogens is 1. The zero-order chi connectivity index (χ0) is 18.5. The van der Waals surface area contributed by atoms with E-state index in [1.54, 1.807) is 12.3 Å². The van der Waals surface area contributed by atoms with Gasteiger partial charge in [0.25, 0.3) is 5.91 Å². The molecule has 1 fully saturated rings. The molecule has 0 aliphatic carbocycles. The van der Waals surface area contributed by atoms with E-state index >= 15 is 0 Å². The van der Waals surface area contributed by atoms with E-state index in [-0.39, 0.29) is 12.0 Å². The normalized spacial score (nSPS) is 16.5. The van der Waals surface area contributed by atoms with Crippen LogP contribution in [0.25, 0.3) is 10.9 Å². The number of hydrogen-bond acceptors (Lipinski definition) is 4. The second-order valence-corrected chi connectivity index (χ2v) is 6.81. The van der Waals surface area contributed by atoms with Crippen LogP contribution >= 0.6 is 0 Å². The number of anilines is 1. The van der Waals surface area contributed by atoms with Gasteiger partial charge in [-0.3, -0.25) is 9.78 Å². The lowest BCUT2D eigenvalue weighted by Crippen LogP contribution is -2.26. The van der Waals surface area contributed by atoms with E-state index in [1.807, 2.05) is 24.4 Å². The highest BCUT2D eigenvalue weighted by Crippen LogP contribution is 2.18. The molecule has 3 heterocycles. The Morgan fingerprint density at radius 3 is 3.11 bits per heavy atom. The zero-order valence-electron chi connectivity index (χ0n) is 15.2. The van der Waals surface area contributed by atoms with Crippen LogP contribution in [0.1, 0.15) is 28.9 Å². The predicted molar refractivity (Wildman–Crippen MR) is 106 cm³/mol. The van der Waals surface area contributed by atoms with Crippen molar-refractivity contribution < 1.29 is 9.53 Å². The van der Waals surface area contributed by atoms with Gasteiger partial charge in [-0.05, 0) is 43.0 Å². The van der Waals surface area contributed by atoms with Crippen molar-refractivity contribution in [3.63, 3.8) is 0 Å². The maximum atomic E-state index is 12.4. The van der Waals surface area contributed by atoms with Crippen LogP contribution in [0.2, 0.25) is 0 Å². The van der Waals surface area contributed by atoms with E-state index in [1.165, 1.54) is 10.9 Å². The number of carbonyl (C=O) groups excluding carboxylic acids is 1. The molecule has 140 valence electrons. The highest BCUT2D eigenvalue weighted by Gasteiger charge is 2.15. The van der Waals surface area contributed by atoms with Gasteiger partial charge in [0.1, 0.15) is 5.69 Å². The lowest BCUT2D eigenvalue weighted by Gasteiger charge is -2.12. The Morgan fingerprint density at radius 2 is 2.22 bits per heavy atom. The number of benzene rings is 1. The summed E-state index contributed by atoms with van der Waals surface area (Å²) in [5, 5.41) is 7.49. The molecule has 3 aromatic rings. The molecule has 1 aromatic carbocycles. The maximum Gasteiger partial charge on any atom is 0.269 e. The number of hydrogen-bond donors (Lipinski definition) is 3. The number of fused-ring (bicyclic) bond motifs is 1. The van der Waals surface area contributed by atoms with Crippen molar-refractivity contribution in [1.29, 1.82) is 0 Å². The van der Waals surface area contributed by atoms with Crippen molar-refractivity contribution in [3.8, 4) is 0 Å². The van der Waals surface area contributed by atoms with Crippen molar-refractivity contribution in [2.24, 2.45) is 0 Å². The number of amides is 1. The Morgan fingerprint density at radius 1 is 1.30 bits per heavy atom. The number of rotatable bonds is 7. The third-order valence-corrected chi connectivity index (χ3v) is 4.91. The molecule has 0 bridgehead atoms. The summed E-state index contributed by atoms with van der Waals surface area (Å²) in [7, 11) is 0. The smallest absolute Gasteiger partial charge is 0.269 e. The number of aromatic nitrogens is 2. The Hall–Kier alpha value is -2.86. The average molecular weight is 364 g/mol. The Balaban J connectivity index is 1.30. The third kappa shape index (κ3) is 4.28.